The fraction of sp³-hybridized carbons (Fsp3) is 0.304. The molecule has 0 fully saturated rings. The van der Waals surface area contributed by atoms with E-state index in [0.29, 0.717) is 18.7 Å². The largest absolute Gasteiger partial charge is 0.454 e. The number of aromatic nitrogens is 1. The van der Waals surface area contributed by atoms with Crippen LogP contribution < -0.4 is 0 Å². The number of H-pyrrole nitrogens is 1. The lowest BCUT2D eigenvalue weighted by Gasteiger charge is -2.18. The number of carbonyl (C=O) groups is 2. The van der Waals surface area contributed by atoms with Gasteiger partial charge in [0.1, 0.15) is 0 Å². The van der Waals surface area contributed by atoms with Crippen LogP contribution in [-0.4, -0.2) is 49.2 Å². The van der Waals surface area contributed by atoms with Crippen LogP contribution in [0.2, 0.25) is 0 Å². The van der Waals surface area contributed by atoms with Gasteiger partial charge in [-0.15, -0.1) is 0 Å². The first-order valence-electron chi connectivity index (χ1n) is 10.2. The van der Waals surface area contributed by atoms with E-state index in [1.807, 2.05) is 25.1 Å². The molecular weight excluding hydrogens is 416 g/mol. The number of esters is 1. The minimum atomic E-state index is -3.60. The Morgan fingerprint density at radius 2 is 1.68 bits per heavy atom. The van der Waals surface area contributed by atoms with Gasteiger partial charge in [-0.1, -0.05) is 39.0 Å². The highest BCUT2D eigenvalue weighted by Gasteiger charge is 2.22. The van der Waals surface area contributed by atoms with Gasteiger partial charge in [0.05, 0.1) is 10.5 Å². The van der Waals surface area contributed by atoms with Crippen LogP contribution in [0.25, 0.3) is 10.9 Å². The molecule has 0 bridgehead atoms. The number of carbonyl (C=O) groups excluding carboxylic acids is 2. The molecule has 0 saturated carbocycles. The van der Waals surface area contributed by atoms with Gasteiger partial charge in [0.25, 0.3) is 0 Å². The molecule has 0 aliphatic heterocycles. The molecule has 3 aromatic rings. The summed E-state index contributed by atoms with van der Waals surface area (Å²) >= 11 is 0. The Hall–Kier alpha value is -2.97. The van der Waals surface area contributed by atoms with Gasteiger partial charge in [0, 0.05) is 35.8 Å². The number of para-hydroxylation sites is 1. The number of aryl methyl sites for hydroxylation is 1. The second-order valence-corrected chi connectivity index (χ2v) is 8.95. The van der Waals surface area contributed by atoms with E-state index in [4.69, 9.17) is 4.74 Å². The van der Waals surface area contributed by atoms with Crippen LogP contribution in [0, 0.1) is 0 Å². The van der Waals surface area contributed by atoms with Crippen molar-refractivity contribution in [1.82, 2.24) is 9.29 Å². The molecule has 1 aromatic heterocycles. The molecule has 0 atom stereocenters. The second-order valence-electron chi connectivity index (χ2n) is 7.01. The van der Waals surface area contributed by atoms with Crippen molar-refractivity contribution >= 4 is 32.7 Å². The number of Topliss-reactive ketones (excluding diaryl/α,β-unsaturated/α-hetero) is 1. The minimum Gasteiger partial charge on any atom is -0.454 e. The van der Waals surface area contributed by atoms with Gasteiger partial charge in [-0.05, 0) is 36.2 Å². The zero-order valence-electron chi connectivity index (χ0n) is 17.8. The molecule has 0 saturated heterocycles. The van der Waals surface area contributed by atoms with Gasteiger partial charge in [-0.25, -0.2) is 13.2 Å². The number of nitrogens with one attached hydrogen (secondary N) is 1. The van der Waals surface area contributed by atoms with E-state index in [1.54, 1.807) is 20.0 Å². The number of ketones is 1. The molecule has 2 aromatic carbocycles. The smallest absolute Gasteiger partial charge is 0.338 e. The zero-order chi connectivity index (χ0) is 22.6. The molecule has 7 nitrogen and oxygen atoms in total. The van der Waals surface area contributed by atoms with E-state index >= 15 is 0 Å². The Morgan fingerprint density at radius 3 is 2.29 bits per heavy atom. The number of fused-ring (bicyclic) bond motifs is 1. The summed E-state index contributed by atoms with van der Waals surface area (Å²) in [6, 6.07) is 11.3. The van der Waals surface area contributed by atoms with E-state index in [0.717, 1.165) is 22.9 Å². The Kier molecular flexibility index (Phi) is 6.92. The number of aromatic amines is 1. The summed E-state index contributed by atoms with van der Waals surface area (Å²) in [4.78, 5) is 28.2. The highest BCUT2D eigenvalue weighted by Crippen LogP contribution is 2.23. The van der Waals surface area contributed by atoms with Crippen LogP contribution in [0.5, 0.6) is 0 Å². The van der Waals surface area contributed by atoms with Crippen LogP contribution in [0.1, 0.15) is 47.1 Å². The Morgan fingerprint density at radius 1 is 1.00 bits per heavy atom. The van der Waals surface area contributed by atoms with Crippen LogP contribution in [-0.2, 0) is 21.2 Å². The lowest BCUT2D eigenvalue weighted by atomic mass is 10.1. The van der Waals surface area contributed by atoms with Crippen molar-refractivity contribution in [2.24, 2.45) is 0 Å². The SMILES string of the molecule is CCc1cccc2c(C(=O)COC(=O)c3ccc(S(=O)(=O)N(CC)CC)cc3)c[nH]c12. The van der Waals surface area contributed by atoms with E-state index < -0.39 is 22.6 Å². The third-order valence-electron chi connectivity index (χ3n) is 5.25. The molecule has 8 heteroatoms. The number of hydrogen-bond acceptors (Lipinski definition) is 5. The molecule has 1 heterocycles. The van der Waals surface area contributed by atoms with E-state index in [-0.39, 0.29) is 16.2 Å². The maximum atomic E-state index is 12.6. The Balaban J connectivity index is 1.69. The average molecular weight is 443 g/mol. The topological polar surface area (TPSA) is 96.5 Å². The summed E-state index contributed by atoms with van der Waals surface area (Å²) in [6.45, 7) is 5.89. The van der Waals surface area contributed by atoms with Gasteiger partial charge in [-0.3, -0.25) is 4.79 Å². The summed E-state index contributed by atoms with van der Waals surface area (Å²) in [5, 5.41) is 0.798. The standard InChI is InChI=1S/C23H26N2O5S/c1-4-16-8-7-9-19-20(14-24-22(16)19)21(26)15-30-23(27)17-10-12-18(13-11-17)31(28,29)25(5-2)6-3/h7-14,24H,4-6,15H2,1-3H3. The normalized spacial score (nSPS) is 11.7. The van der Waals surface area contributed by atoms with E-state index in [1.165, 1.54) is 28.6 Å². The van der Waals surface area contributed by atoms with E-state index in [2.05, 4.69) is 4.98 Å². The molecule has 1 N–H and O–H groups in total. The second kappa shape index (κ2) is 9.45. The number of benzene rings is 2. The van der Waals surface area contributed by atoms with Crippen molar-refractivity contribution in [1.29, 1.82) is 0 Å². The lowest BCUT2D eigenvalue weighted by molar-refractivity contribution is 0.0475. The van der Waals surface area contributed by atoms with Crippen molar-refractivity contribution in [3.63, 3.8) is 0 Å². The molecule has 0 aliphatic carbocycles. The molecule has 0 aliphatic rings. The highest BCUT2D eigenvalue weighted by molar-refractivity contribution is 7.89. The number of sulfonamides is 1. The van der Waals surface area contributed by atoms with Crippen molar-refractivity contribution in [3.8, 4) is 0 Å². The van der Waals surface area contributed by atoms with Crippen LogP contribution >= 0.6 is 0 Å². The molecule has 0 amide bonds. The van der Waals surface area contributed by atoms with Gasteiger partial charge in [0.2, 0.25) is 15.8 Å². The average Bonchev–Trinajstić information content (AvgIpc) is 3.22. The van der Waals surface area contributed by atoms with Crippen LogP contribution in [0.4, 0.5) is 0 Å². The van der Waals surface area contributed by atoms with Gasteiger partial charge < -0.3 is 9.72 Å². The zero-order valence-corrected chi connectivity index (χ0v) is 18.7. The third-order valence-corrected chi connectivity index (χ3v) is 7.31. The Labute approximate surface area is 182 Å². The predicted molar refractivity (Wildman–Crippen MR) is 119 cm³/mol. The molecule has 164 valence electrons. The summed E-state index contributed by atoms with van der Waals surface area (Å²) in [6.07, 6.45) is 2.47. The monoisotopic (exact) mass is 442 g/mol. The van der Waals surface area contributed by atoms with Crippen molar-refractivity contribution in [2.75, 3.05) is 19.7 Å². The lowest BCUT2D eigenvalue weighted by Crippen LogP contribution is -2.30. The molecular formula is C23H26N2O5S. The first kappa shape index (κ1) is 22.7. The maximum Gasteiger partial charge on any atom is 0.338 e. The summed E-state index contributed by atoms with van der Waals surface area (Å²) in [5.74, 6) is -0.997. The van der Waals surface area contributed by atoms with Crippen LogP contribution in [0.3, 0.4) is 0 Å². The quantitative estimate of drug-likeness (QED) is 0.402. The Bertz CT molecular complexity index is 1190. The van der Waals surface area contributed by atoms with Gasteiger partial charge in [0.15, 0.2) is 6.61 Å². The summed E-state index contributed by atoms with van der Waals surface area (Å²) in [5.41, 5.74) is 2.66. The third kappa shape index (κ3) is 4.55. The first-order chi connectivity index (χ1) is 14.8. The van der Waals surface area contributed by atoms with Crippen molar-refractivity contribution in [3.05, 3.63) is 65.4 Å². The summed E-state index contributed by atoms with van der Waals surface area (Å²) in [7, 11) is -3.60. The molecule has 31 heavy (non-hydrogen) atoms. The maximum absolute atomic E-state index is 12.6. The molecule has 0 spiro atoms. The minimum absolute atomic E-state index is 0.106. The number of ether oxygens (including phenoxy) is 1. The van der Waals surface area contributed by atoms with E-state index in [9.17, 15) is 18.0 Å². The molecule has 0 radical (unpaired) electrons. The predicted octanol–water partition coefficient (Wildman–Crippen LogP) is 3.80. The number of hydrogen-bond donors (Lipinski definition) is 1. The number of nitrogens with zero attached hydrogens (tertiary/aromatic N) is 1. The van der Waals surface area contributed by atoms with Crippen LogP contribution in [0.15, 0.2) is 53.6 Å². The van der Waals surface area contributed by atoms with Crippen molar-refractivity contribution < 1.29 is 22.7 Å². The molecule has 3 rings (SSSR count). The fourth-order valence-electron chi connectivity index (χ4n) is 3.51. The van der Waals surface area contributed by atoms with Crippen molar-refractivity contribution in [2.45, 2.75) is 32.1 Å². The fourth-order valence-corrected chi connectivity index (χ4v) is 4.97. The number of rotatable bonds is 9. The first-order valence-corrected chi connectivity index (χ1v) is 11.7. The van der Waals surface area contributed by atoms with Gasteiger partial charge >= 0.3 is 5.97 Å². The molecule has 0 unspecified atom stereocenters. The van der Waals surface area contributed by atoms with Gasteiger partial charge in [-0.2, -0.15) is 4.31 Å². The summed E-state index contributed by atoms with van der Waals surface area (Å²) < 4.78 is 31.6. The highest BCUT2D eigenvalue weighted by atomic mass is 32.2.